The molecule has 2 N–H and O–H groups in total. The fraction of sp³-hybridized carbons (Fsp3) is 0.714. The fourth-order valence-electron chi connectivity index (χ4n) is 2.39. The van der Waals surface area contributed by atoms with Crippen molar-refractivity contribution in [3.63, 3.8) is 0 Å². The summed E-state index contributed by atoms with van der Waals surface area (Å²) < 4.78 is 5.63. The minimum absolute atomic E-state index is 0.326. The fourth-order valence-corrected chi connectivity index (χ4v) is 2.39. The Hall–Kier alpha value is -1.36. The number of aromatic nitrogens is 2. The lowest BCUT2D eigenvalue weighted by molar-refractivity contribution is 0.120. The van der Waals surface area contributed by atoms with Crippen molar-refractivity contribution in [2.45, 2.75) is 45.6 Å². The molecule has 1 aromatic heterocycles. The molecule has 106 valence electrons. The molecule has 2 rings (SSSR count). The molecule has 1 unspecified atom stereocenters. The van der Waals surface area contributed by atoms with Crippen LogP contribution in [0.3, 0.4) is 0 Å². The van der Waals surface area contributed by atoms with Gasteiger partial charge in [-0.3, -0.25) is 0 Å². The smallest absolute Gasteiger partial charge is 0.134 e. The van der Waals surface area contributed by atoms with Crippen LogP contribution in [-0.4, -0.2) is 35.8 Å². The van der Waals surface area contributed by atoms with Crippen LogP contribution in [0.2, 0.25) is 0 Å². The molecule has 0 radical (unpaired) electrons. The Morgan fingerprint density at radius 2 is 2.05 bits per heavy atom. The van der Waals surface area contributed by atoms with Crippen molar-refractivity contribution >= 4 is 11.6 Å². The molecule has 0 aliphatic carbocycles. The average molecular weight is 264 g/mol. The van der Waals surface area contributed by atoms with Gasteiger partial charge in [-0.25, -0.2) is 9.97 Å². The highest BCUT2D eigenvalue weighted by Gasteiger charge is 2.17. The maximum atomic E-state index is 5.63. The number of nitrogens with one attached hydrogen (secondary N) is 2. The highest BCUT2D eigenvalue weighted by Crippen LogP contribution is 2.22. The molecule has 5 nitrogen and oxygen atoms in total. The number of anilines is 2. The Balaban J connectivity index is 2.06. The molecule has 1 atom stereocenters. The summed E-state index contributed by atoms with van der Waals surface area (Å²) in [5.41, 5.74) is 1.19. The molecular formula is C14H24N4O. The van der Waals surface area contributed by atoms with Crippen LogP contribution in [0.4, 0.5) is 11.6 Å². The third kappa shape index (κ3) is 3.80. The summed E-state index contributed by atoms with van der Waals surface area (Å²) in [5, 5.41) is 6.73. The van der Waals surface area contributed by atoms with Crippen molar-refractivity contribution in [1.29, 1.82) is 0 Å². The third-order valence-corrected chi connectivity index (χ3v) is 3.31. The predicted molar refractivity (Wildman–Crippen MR) is 77.7 cm³/mol. The maximum Gasteiger partial charge on any atom is 0.134 e. The average Bonchev–Trinajstić information content (AvgIpc) is 2.93. The summed E-state index contributed by atoms with van der Waals surface area (Å²) in [6.45, 7) is 6.85. The van der Waals surface area contributed by atoms with E-state index in [1.54, 1.807) is 6.33 Å². The zero-order valence-electron chi connectivity index (χ0n) is 11.9. The molecule has 0 aromatic carbocycles. The second kappa shape index (κ2) is 7.28. The molecule has 0 amide bonds. The van der Waals surface area contributed by atoms with Crippen LogP contribution in [0.5, 0.6) is 0 Å². The predicted octanol–water partition coefficient (Wildman–Crippen LogP) is 2.45. The number of hydrogen-bond acceptors (Lipinski definition) is 5. The Kier molecular flexibility index (Phi) is 5.39. The summed E-state index contributed by atoms with van der Waals surface area (Å²) in [4.78, 5) is 8.72. The van der Waals surface area contributed by atoms with Gasteiger partial charge >= 0.3 is 0 Å². The number of rotatable bonds is 7. The van der Waals surface area contributed by atoms with E-state index >= 15 is 0 Å². The van der Waals surface area contributed by atoms with E-state index in [9.17, 15) is 0 Å². The first-order valence-electron chi connectivity index (χ1n) is 7.28. The standard InChI is InChI=1S/C14H24N4O/c1-3-6-12-13(15-4-2)17-10-18-14(12)16-9-11-7-5-8-19-11/h10-11H,3-9H2,1-2H3,(H2,15,16,17,18). The first kappa shape index (κ1) is 14.1. The molecule has 19 heavy (non-hydrogen) atoms. The minimum Gasteiger partial charge on any atom is -0.376 e. The van der Waals surface area contributed by atoms with Crippen molar-refractivity contribution in [1.82, 2.24) is 9.97 Å². The lowest BCUT2D eigenvalue weighted by Crippen LogP contribution is -2.20. The lowest BCUT2D eigenvalue weighted by atomic mass is 10.1. The second-order valence-electron chi connectivity index (χ2n) is 4.85. The molecule has 0 bridgehead atoms. The molecule has 1 aliphatic rings. The van der Waals surface area contributed by atoms with Crippen LogP contribution < -0.4 is 10.6 Å². The van der Waals surface area contributed by atoms with Gasteiger partial charge in [0.05, 0.1) is 6.10 Å². The first-order chi connectivity index (χ1) is 9.35. The highest BCUT2D eigenvalue weighted by molar-refractivity contribution is 5.57. The SMILES string of the molecule is CCCc1c(NCC)ncnc1NCC1CCCO1. The Bertz CT molecular complexity index is 391. The van der Waals surface area contributed by atoms with Crippen LogP contribution in [0.1, 0.15) is 38.7 Å². The van der Waals surface area contributed by atoms with Gasteiger partial charge in [0, 0.05) is 25.3 Å². The second-order valence-corrected chi connectivity index (χ2v) is 4.85. The minimum atomic E-state index is 0.326. The molecule has 1 aromatic rings. The molecular weight excluding hydrogens is 240 g/mol. The topological polar surface area (TPSA) is 59.1 Å². The van der Waals surface area contributed by atoms with Gasteiger partial charge in [0.1, 0.15) is 18.0 Å². The summed E-state index contributed by atoms with van der Waals surface area (Å²) in [5.74, 6) is 1.90. The Labute approximate surface area is 115 Å². The van der Waals surface area contributed by atoms with Crippen molar-refractivity contribution in [2.75, 3.05) is 30.3 Å². The van der Waals surface area contributed by atoms with Crippen LogP contribution >= 0.6 is 0 Å². The summed E-state index contributed by atoms with van der Waals surface area (Å²) in [7, 11) is 0. The molecule has 1 aliphatic heterocycles. The Morgan fingerprint density at radius 1 is 1.26 bits per heavy atom. The van der Waals surface area contributed by atoms with Gasteiger partial charge in [-0.05, 0) is 26.2 Å². The first-order valence-corrected chi connectivity index (χ1v) is 7.28. The van der Waals surface area contributed by atoms with E-state index in [4.69, 9.17) is 4.74 Å². The van der Waals surface area contributed by atoms with Crippen LogP contribution in [0.25, 0.3) is 0 Å². The van der Waals surface area contributed by atoms with Gasteiger partial charge in [0.25, 0.3) is 0 Å². The van der Waals surface area contributed by atoms with E-state index < -0.39 is 0 Å². The van der Waals surface area contributed by atoms with E-state index in [0.29, 0.717) is 6.10 Å². The largest absolute Gasteiger partial charge is 0.376 e. The van der Waals surface area contributed by atoms with E-state index in [0.717, 1.165) is 50.6 Å². The molecule has 1 saturated heterocycles. The summed E-state index contributed by atoms with van der Waals surface area (Å²) in [6, 6.07) is 0. The van der Waals surface area contributed by atoms with Gasteiger partial charge < -0.3 is 15.4 Å². The van der Waals surface area contributed by atoms with Crippen molar-refractivity contribution in [3.05, 3.63) is 11.9 Å². The van der Waals surface area contributed by atoms with Crippen molar-refractivity contribution in [3.8, 4) is 0 Å². The normalized spacial score (nSPS) is 18.5. The molecule has 1 fully saturated rings. The molecule has 0 saturated carbocycles. The van der Waals surface area contributed by atoms with E-state index in [-0.39, 0.29) is 0 Å². The van der Waals surface area contributed by atoms with E-state index in [1.807, 2.05) is 0 Å². The summed E-state index contributed by atoms with van der Waals surface area (Å²) in [6.07, 6.45) is 6.32. The van der Waals surface area contributed by atoms with Crippen molar-refractivity contribution in [2.24, 2.45) is 0 Å². The zero-order valence-corrected chi connectivity index (χ0v) is 11.9. The van der Waals surface area contributed by atoms with Crippen LogP contribution in [0.15, 0.2) is 6.33 Å². The number of hydrogen-bond donors (Lipinski definition) is 2. The zero-order chi connectivity index (χ0) is 13.5. The van der Waals surface area contributed by atoms with Crippen molar-refractivity contribution < 1.29 is 4.74 Å². The highest BCUT2D eigenvalue weighted by atomic mass is 16.5. The van der Waals surface area contributed by atoms with Gasteiger partial charge in [0.15, 0.2) is 0 Å². The number of nitrogens with zero attached hydrogens (tertiary/aromatic N) is 2. The number of ether oxygens (including phenoxy) is 1. The molecule has 2 heterocycles. The lowest BCUT2D eigenvalue weighted by Gasteiger charge is -2.16. The quantitative estimate of drug-likeness (QED) is 0.792. The molecule has 0 spiro atoms. The van der Waals surface area contributed by atoms with Crippen LogP contribution in [-0.2, 0) is 11.2 Å². The maximum absolute atomic E-state index is 5.63. The molecule has 5 heteroatoms. The van der Waals surface area contributed by atoms with Gasteiger partial charge in [0.2, 0.25) is 0 Å². The monoisotopic (exact) mass is 264 g/mol. The van der Waals surface area contributed by atoms with E-state index in [2.05, 4.69) is 34.4 Å². The Morgan fingerprint density at radius 3 is 2.68 bits per heavy atom. The van der Waals surface area contributed by atoms with Gasteiger partial charge in [-0.15, -0.1) is 0 Å². The van der Waals surface area contributed by atoms with Crippen LogP contribution in [0, 0.1) is 0 Å². The third-order valence-electron chi connectivity index (χ3n) is 3.31. The van der Waals surface area contributed by atoms with Gasteiger partial charge in [-0.2, -0.15) is 0 Å². The summed E-state index contributed by atoms with van der Waals surface area (Å²) >= 11 is 0. The van der Waals surface area contributed by atoms with Gasteiger partial charge in [-0.1, -0.05) is 13.3 Å². The van der Waals surface area contributed by atoms with E-state index in [1.165, 1.54) is 12.0 Å².